The molecule has 2 aromatic carbocycles. The second-order valence-corrected chi connectivity index (χ2v) is 4.50. The van der Waals surface area contributed by atoms with Crippen molar-refractivity contribution in [3.8, 4) is 0 Å². The van der Waals surface area contributed by atoms with Gasteiger partial charge in [0.05, 0.1) is 11.3 Å². The zero-order valence-corrected chi connectivity index (χ0v) is 10.6. The Morgan fingerprint density at radius 1 is 1.05 bits per heavy atom. The van der Waals surface area contributed by atoms with E-state index in [9.17, 15) is 13.6 Å². The monoisotopic (exact) mass is 261 g/mol. The first-order valence-electron chi connectivity index (χ1n) is 5.76. The molecule has 0 heterocycles. The predicted octanol–water partition coefficient (Wildman–Crippen LogP) is 3.39. The molecule has 2 nitrogen and oxygen atoms in total. The molecule has 0 unspecified atom stereocenters. The lowest BCUT2D eigenvalue weighted by molar-refractivity contribution is 0.103. The van der Waals surface area contributed by atoms with Crippen LogP contribution in [-0.4, -0.2) is 5.78 Å². The van der Waals surface area contributed by atoms with Gasteiger partial charge in [-0.2, -0.15) is 0 Å². The van der Waals surface area contributed by atoms with Crippen LogP contribution in [0.4, 0.5) is 14.5 Å². The van der Waals surface area contributed by atoms with Crippen molar-refractivity contribution in [3.63, 3.8) is 0 Å². The molecule has 0 aliphatic rings. The highest BCUT2D eigenvalue weighted by Crippen LogP contribution is 2.21. The number of hydrogen-bond acceptors (Lipinski definition) is 2. The van der Waals surface area contributed by atoms with E-state index in [0.717, 1.165) is 11.6 Å². The van der Waals surface area contributed by atoms with E-state index in [1.807, 2.05) is 0 Å². The normalized spacial score (nSPS) is 10.5. The van der Waals surface area contributed by atoms with Crippen molar-refractivity contribution < 1.29 is 13.6 Å². The molecule has 2 rings (SSSR count). The Morgan fingerprint density at radius 3 is 2.32 bits per heavy atom. The lowest BCUT2D eigenvalue weighted by Crippen LogP contribution is -2.08. The summed E-state index contributed by atoms with van der Waals surface area (Å²) in [5.74, 6) is -1.83. The van der Waals surface area contributed by atoms with E-state index in [4.69, 9.17) is 5.73 Å². The number of nitrogens with two attached hydrogens (primary N) is 1. The molecule has 0 aromatic heterocycles. The van der Waals surface area contributed by atoms with Gasteiger partial charge in [0.25, 0.3) is 0 Å². The van der Waals surface area contributed by atoms with Gasteiger partial charge in [0.15, 0.2) is 5.78 Å². The van der Waals surface area contributed by atoms with Crippen LogP contribution in [0.5, 0.6) is 0 Å². The Morgan fingerprint density at radius 2 is 1.74 bits per heavy atom. The van der Waals surface area contributed by atoms with Crippen LogP contribution in [0.25, 0.3) is 0 Å². The summed E-state index contributed by atoms with van der Waals surface area (Å²) in [7, 11) is 0. The largest absolute Gasteiger partial charge is 0.396 e. The minimum absolute atomic E-state index is 0.0326. The van der Waals surface area contributed by atoms with Gasteiger partial charge in [0.2, 0.25) is 0 Å². The first-order chi connectivity index (χ1) is 8.90. The van der Waals surface area contributed by atoms with E-state index < -0.39 is 17.4 Å². The van der Waals surface area contributed by atoms with Crippen molar-refractivity contribution in [2.75, 3.05) is 5.73 Å². The highest BCUT2D eigenvalue weighted by atomic mass is 19.1. The lowest BCUT2D eigenvalue weighted by Gasteiger charge is -2.08. The number of aryl methyl sites for hydroxylation is 2. The third-order valence-corrected chi connectivity index (χ3v) is 2.92. The molecule has 0 saturated heterocycles. The molecular formula is C15H13F2NO. The molecule has 4 heteroatoms. The SMILES string of the molecule is Cc1cc(C)c(C(=O)c2ccc(N)c(F)c2)c(F)c1. The Labute approximate surface area is 109 Å². The zero-order valence-electron chi connectivity index (χ0n) is 10.6. The first kappa shape index (κ1) is 13.2. The Balaban J connectivity index is 2.53. The number of carbonyl (C=O) groups is 1. The van der Waals surface area contributed by atoms with Crippen LogP contribution in [0.15, 0.2) is 30.3 Å². The number of halogens is 2. The molecule has 0 amide bonds. The van der Waals surface area contributed by atoms with Crippen LogP contribution >= 0.6 is 0 Å². The number of ketones is 1. The van der Waals surface area contributed by atoms with E-state index in [-0.39, 0.29) is 16.8 Å². The van der Waals surface area contributed by atoms with Gasteiger partial charge in [-0.05, 0) is 49.2 Å². The molecule has 0 fully saturated rings. The van der Waals surface area contributed by atoms with E-state index in [2.05, 4.69) is 0 Å². The maximum Gasteiger partial charge on any atom is 0.196 e. The van der Waals surface area contributed by atoms with Crippen molar-refractivity contribution in [2.45, 2.75) is 13.8 Å². The second kappa shape index (κ2) is 4.80. The lowest BCUT2D eigenvalue weighted by atomic mass is 9.96. The number of carbonyl (C=O) groups excluding carboxylic acids is 1. The third-order valence-electron chi connectivity index (χ3n) is 2.92. The van der Waals surface area contributed by atoms with Crippen LogP contribution < -0.4 is 5.73 Å². The molecule has 2 aromatic rings. The maximum atomic E-state index is 13.9. The first-order valence-corrected chi connectivity index (χ1v) is 5.76. The molecule has 0 aliphatic carbocycles. The Bertz CT molecular complexity index is 642. The summed E-state index contributed by atoms with van der Waals surface area (Å²) in [6.45, 7) is 3.39. The van der Waals surface area contributed by atoms with E-state index in [1.54, 1.807) is 19.9 Å². The van der Waals surface area contributed by atoms with Gasteiger partial charge in [0, 0.05) is 5.56 Å². The van der Waals surface area contributed by atoms with Crippen LogP contribution in [-0.2, 0) is 0 Å². The highest BCUT2D eigenvalue weighted by molar-refractivity contribution is 6.10. The summed E-state index contributed by atoms with van der Waals surface area (Å²) in [5.41, 5.74) is 6.61. The van der Waals surface area contributed by atoms with Crippen LogP contribution in [0.3, 0.4) is 0 Å². The van der Waals surface area contributed by atoms with Crippen molar-refractivity contribution >= 4 is 11.5 Å². The fourth-order valence-electron chi connectivity index (χ4n) is 2.02. The van der Waals surface area contributed by atoms with Gasteiger partial charge in [-0.3, -0.25) is 4.79 Å². The number of nitrogen functional groups attached to an aromatic ring is 1. The summed E-state index contributed by atoms with van der Waals surface area (Å²) < 4.78 is 27.2. The Hall–Kier alpha value is -2.23. The zero-order chi connectivity index (χ0) is 14.2. The standard InChI is InChI=1S/C15H13F2NO/c1-8-5-9(2)14(12(17)6-8)15(19)10-3-4-13(18)11(16)7-10/h3-7H,18H2,1-2H3. The van der Waals surface area contributed by atoms with Gasteiger partial charge in [-0.1, -0.05) is 6.07 Å². The van der Waals surface area contributed by atoms with E-state index in [0.29, 0.717) is 5.56 Å². The van der Waals surface area contributed by atoms with Gasteiger partial charge < -0.3 is 5.73 Å². The van der Waals surface area contributed by atoms with Gasteiger partial charge in [-0.25, -0.2) is 8.78 Å². The van der Waals surface area contributed by atoms with Crippen LogP contribution in [0.1, 0.15) is 27.0 Å². The van der Waals surface area contributed by atoms with Gasteiger partial charge in [0.1, 0.15) is 11.6 Å². The minimum Gasteiger partial charge on any atom is -0.396 e. The fraction of sp³-hybridized carbons (Fsp3) is 0.133. The number of rotatable bonds is 2. The van der Waals surface area contributed by atoms with Crippen molar-refractivity contribution in [1.29, 1.82) is 0 Å². The quantitative estimate of drug-likeness (QED) is 0.665. The topological polar surface area (TPSA) is 43.1 Å². The molecular weight excluding hydrogens is 248 g/mol. The van der Waals surface area contributed by atoms with Crippen molar-refractivity contribution in [1.82, 2.24) is 0 Å². The van der Waals surface area contributed by atoms with Gasteiger partial charge >= 0.3 is 0 Å². The summed E-state index contributed by atoms with van der Waals surface area (Å²) in [6, 6.07) is 6.71. The molecule has 0 saturated carbocycles. The highest BCUT2D eigenvalue weighted by Gasteiger charge is 2.18. The number of benzene rings is 2. The molecule has 0 spiro atoms. The smallest absolute Gasteiger partial charge is 0.196 e. The molecule has 19 heavy (non-hydrogen) atoms. The van der Waals surface area contributed by atoms with E-state index in [1.165, 1.54) is 18.2 Å². The number of hydrogen-bond donors (Lipinski definition) is 1. The average Bonchev–Trinajstić information content (AvgIpc) is 2.31. The Kier molecular flexibility index (Phi) is 3.34. The summed E-state index contributed by atoms with van der Waals surface area (Å²) >= 11 is 0. The summed E-state index contributed by atoms with van der Waals surface area (Å²) in [4.78, 5) is 12.2. The third kappa shape index (κ3) is 2.47. The average molecular weight is 261 g/mol. The van der Waals surface area contributed by atoms with Gasteiger partial charge in [-0.15, -0.1) is 0 Å². The predicted molar refractivity (Wildman–Crippen MR) is 70.1 cm³/mol. The number of anilines is 1. The molecule has 2 N–H and O–H groups in total. The summed E-state index contributed by atoms with van der Waals surface area (Å²) in [6.07, 6.45) is 0. The van der Waals surface area contributed by atoms with Crippen LogP contribution in [0.2, 0.25) is 0 Å². The second-order valence-electron chi connectivity index (χ2n) is 4.50. The van der Waals surface area contributed by atoms with Crippen molar-refractivity contribution in [3.05, 3.63) is 64.2 Å². The molecule has 0 atom stereocenters. The molecule has 98 valence electrons. The molecule has 0 radical (unpaired) electrons. The fourth-order valence-corrected chi connectivity index (χ4v) is 2.02. The maximum absolute atomic E-state index is 13.9. The molecule has 0 aliphatic heterocycles. The minimum atomic E-state index is -0.684. The summed E-state index contributed by atoms with van der Waals surface area (Å²) in [5, 5.41) is 0. The van der Waals surface area contributed by atoms with Crippen molar-refractivity contribution in [2.24, 2.45) is 0 Å². The van der Waals surface area contributed by atoms with E-state index >= 15 is 0 Å². The molecule has 0 bridgehead atoms. The van der Waals surface area contributed by atoms with Crippen LogP contribution in [0, 0.1) is 25.5 Å².